The van der Waals surface area contributed by atoms with Crippen molar-refractivity contribution in [2.24, 2.45) is 0 Å². The SMILES string of the molecule is O=C1CC(Nc2ccccc2F)C(=O)N1c1ccccc1Br. The largest absolute Gasteiger partial charge is 0.371 e. The molecule has 2 amide bonds. The Bertz CT molecular complexity index is 750. The van der Waals surface area contributed by atoms with Crippen LogP contribution >= 0.6 is 15.9 Å². The molecule has 0 spiro atoms. The van der Waals surface area contributed by atoms with Crippen molar-refractivity contribution in [1.82, 2.24) is 0 Å². The molecule has 4 nitrogen and oxygen atoms in total. The maximum absolute atomic E-state index is 13.7. The van der Waals surface area contributed by atoms with Crippen molar-refractivity contribution < 1.29 is 14.0 Å². The van der Waals surface area contributed by atoms with E-state index in [0.717, 1.165) is 4.90 Å². The average Bonchev–Trinajstić information content (AvgIpc) is 2.77. The second-order valence-corrected chi connectivity index (χ2v) is 5.75. The van der Waals surface area contributed by atoms with Crippen LogP contribution in [0.2, 0.25) is 0 Å². The highest BCUT2D eigenvalue weighted by Crippen LogP contribution is 2.31. The lowest BCUT2D eigenvalue weighted by Gasteiger charge is -2.17. The summed E-state index contributed by atoms with van der Waals surface area (Å²) in [5.41, 5.74) is 0.706. The van der Waals surface area contributed by atoms with Crippen LogP contribution in [0.5, 0.6) is 0 Å². The third kappa shape index (κ3) is 2.62. The fourth-order valence-electron chi connectivity index (χ4n) is 2.40. The Morgan fingerprint density at radius 1 is 1.09 bits per heavy atom. The normalized spacial score (nSPS) is 17.9. The highest BCUT2D eigenvalue weighted by molar-refractivity contribution is 9.10. The number of carbonyl (C=O) groups is 2. The van der Waals surface area contributed by atoms with E-state index >= 15 is 0 Å². The van der Waals surface area contributed by atoms with Gasteiger partial charge in [0.2, 0.25) is 5.91 Å². The number of halogens is 2. The molecule has 0 bridgehead atoms. The molecule has 1 fully saturated rings. The van der Waals surface area contributed by atoms with Gasteiger partial charge in [-0.15, -0.1) is 0 Å². The number of imide groups is 1. The third-order valence-corrected chi connectivity index (χ3v) is 4.11. The minimum atomic E-state index is -0.767. The maximum Gasteiger partial charge on any atom is 0.256 e. The van der Waals surface area contributed by atoms with Gasteiger partial charge in [-0.3, -0.25) is 9.59 Å². The first-order valence-electron chi connectivity index (χ1n) is 6.70. The van der Waals surface area contributed by atoms with Crippen LogP contribution in [-0.4, -0.2) is 17.9 Å². The molecule has 6 heteroatoms. The molecule has 3 rings (SSSR count). The summed E-state index contributed by atoms with van der Waals surface area (Å²) in [6.45, 7) is 0. The molecule has 1 saturated heterocycles. The third-order valence-electron chi connectivity index (χ3n) is 3.44. The molecule has 1 aliphatic rings. The van der Waals surface area contributed by atoms with E-state index in [2.05, 4.69) is 21.2 Å². The van der Waals surface area contributed by atoms with E-state index in [1.165, 1.54) is 12.1 Å². The zero-order chi connectivity index (χ0) is 15.7. The lowest BCUT2D eigenvalue weighted by Crippen LogP contribution is -2.35. The molecular formula is C16H12BrFN2O2. The second kappa shape index (κ2) is 5.88. The van der Waals surface area contributed by atoms with Crippen LogP contribution in [0.4, 0.5) is 15.8 Å². The van der Waals surface area contributed by atoms with Gasteiger partial charge in [-0.25, -0.2) is 9.29 Å². The van der Waals surface area contributed by atoms with Gasteiger partial charge < -0.3 is 5.32 Å². The van der Waals surface area contributed by atoms with Gasteiger partial charge in [0.25, 0.3) is 5.91 Å². The van der Waals surface area contributed by atoms with Crippen molar-refractivity contribution in [2.75, 3.05) is 10.2 Å². The molecule has 0 aromatic heterocycles. The minimum absolute atomic E-state index is 0.00545. The summed E-state index contributed by atoms with van der Waals surface area (Å²) in [6.07, 6.45) is -0.00545. The summed E-state index contributed by atoms with van der Waals surface area (Å²) < 4.78 is 14.3. The van der Waals surface area contributed by atoms with E-state index in [-0.39, 0.29) is 23.9 Å². The van der Waals surface area contributed by atoms with Crippen LogP contribution in [0.1, 0.15) is 6.42 Å². The van der Waals surface area contributed by atoms with Crippen LogP contribution in [0, 0.1) is 5.82 Å². The lowest BCUT2D eigenvalue weighted by atomic mass is 10.2. The molecule has 1 aliphatic heterocycles. The lowest BCUT2D eigenvalue weighted by molar-refractivity contribution is -0.121. The highest BCUT2D eigenvalue weighted by atomic mass is 79.9. The average molecular weight is 363 g/mol. The molecule has 2 aromatic carbocycles. The quantitative estimate of drug-likeness (QED) is 0.852. The zero-order valence-corrected chi connectivity index (χ0v) is 13.0. The number of carbonyl (C=O) groups excluding carboxylic acids is 2. The number of anilines is 2. The summed E-state index contributed by atoms with van der Waals surface area (Å²) >= 11 is 3.33. The topological polar surface area (TPSA) is 49.4 Å². The Morgan fingerprint density at radius 2 is 1.77 bits per heavy atom. The van der Waals surface area contributed by atoms with E-state index in [9.17, 15) is 14.0 Å². The Hall–Kier alpha value is -2.21. The van der Waals surface area contributed by atoms with Crippen molar-refractivity contribution in [3.05, 3.63) is 58.8 Å². The fourth-order valence-corrected chi connectivity index (χ4v) is 2.86. The number of hydrogen-bond acceptors (Lipinski definition) is 3. The number of amides is 2. The van der Waals surface area contributed by atoms with Gasteiger partial charge in [0.1, 0.15) is 11.9 Å². The predicted octanol–water partition coefficient (Wildman–Crippen LogP) is 3.33. The number of rotatable bonds is 3. The number of benzene rings is 2. The highest BCUT2D eigenvalue weighted by Gasteiger charge is 2.40. The van der Waals surface area contributed by atoms with E-state index in [1.807, 2.05) is 0 Å². The van der Waals surface area contributed by atoms with Gasteiger partial charge >= 0.3 is 0 Å². The Balaban J connectivity index is 1.86. The first kappa shape index (κ1) is 14.7. The van der Waals surface area contributed by atoms with Gasteiger partial charge in [-0.2, -0.15) is 0 Å². The minimum Gasteiger partial charge on any atom is -0.371 e. The number of nitrogens with one attached hydrogen (secondary N) is 1. The summed E-state index contributed by atoms with van der Waals surface area (Å²) in [7, 11) is 0. The summed E-state index contributed by atoms with van der Waals surface area (Å²) in [6, 6.07) is 12.3. The predicted molar refractivity (Wildman–Crippen MR) is 85.1 cm³/mol. The Kier molecular flexibility index (Phi) is 3.94. The molecule has 1 atom stereocenters. The second-order valence-electron chi connectivity index (χ2n) is 4.90. The maximum atomic E-state index is 13.7. The Labute approximate surface area is 135 Å². The van der Waals surface area contributed by atoms with Gasteiger partial charge in [0.05, 0.1) is 17.8 Å². The fraction of sp³-hybridized carbons (Fsp3) is 0.125. The van der Waals surface area contributed by atoms with E-state index < -0.39 is 11.9 Å². The molecule has 22 heavy (non-hydrogen) atoms. The van der Waals surface area contributed by atoms with Crippen LogP contribution in [0.15, 0.2) is 53.0 Å². The first-order valence-corrected chi connectivity index (χ1v) is 7.49. The van der Waals surface area contributed by atoms with Crippen LogP contribution in [0.25, 0.3) is 0 Å². The molecule has 1 unspecified atom stereocenters. The molecule has 0 radical (unpaired) electrons. The summed E-state index contributed by atoms with van der Waals surface area (Å²) in [4.78, 5) is 25.8. The van der Waals surface area contributed by atoms with Crippen molar-refractivity contribution in [1.29, 1.82) is 0 Å². The zero-order valence-electron chi connectivity index (χ0n) is 11.4. The van der Waals surface area contributed by atoms with Crippen molar-refractivity contribution >= 4 is 39.1 Å². The van der Waals surface area contributed by atoms with Crippen LogP contribution in [-0.2, 0) is 9.59 Å². The molecule has 0 aliphatic carbocycles. The number of hydrogen-bond donors (Lipinski definition) is 1. The van der Waals surface area contributed by atoms with Crippen molar-refractivity contribution in [3.8, 4) is 0 Å². The smallest absolute Gasteiger partial charge is 0.256 e. The summed E-state index contributed by atoms with van der Waals surface area (Å²) in [5.74, 6) is -1.16. The molecule has 112 valence electrons. The van der Waals surface area contributed by atoms with Crippen LogP contribution in [0.3, 0.4) is 0 Å². The standard InChI is InChI=1S/C16H12BrFN2O2/c17-10-5-1-4-8-14(10)20-15(21)9-13(16(20)22)19-12-7-3-2-6-11(12)18/h1-8,13,19H,9H2. The molecular weight excluding hydrogens is 351 g/mol. The van der Waals surface area contributed by atoms with Gasteiger partial charge in [-0.05, 0) is 40.2 Å². The van der Waals surface area contributed by atoms with Crippen molar-refractivity contribution in [2.45, 2.75) is 12.5 Å². The van der Waals surface area contributed by atoms with Gasteiger partial charge in [0, 0.05) is 4.47 Å². The van der Waals surface area contributed by atoms with E-state index in [0.29, 0.717) is 10.2 Å². The molecule has 1 heterocycles. The summed E-state index contributed by atoms with van der Waals surface area (Å²) in [5, 5.41) is 2.81. The van der Waals surface area contributed by atoms with Crippen molar-refractivity contribution in [3.63, 3.8) is 0 Å². The molecule has 2 aromatic rings. The first-order chi connectivity index (χ1) is 10.6. The monoisotopic (exact) mass is 362 g/mol. The molecule has 0 saturated carbocycles. The number of nitrogens with zero attached hydrogens (tertiary/aromatic N) is 1. The van der Waals surface area contributed by atoms with Crippen LogP contribution < -0.4 is 10.2 Å². The van der Waals surface area contributed by atoms with Gasteiger partial charge in [0.15, 0.2) is 0 Å². The van der Waals surface area contributed by atoms with E-state index in [4.69, 9.17) is 0 Å². The number of para-hydroxylation sites is 2. The van der Waals surface area contributed by atoms with E-state index in [1.54, 1.807) is 36.4 Å². The Morgan fingerprint density at radius 3 is 2.50 bits per heavy atom. The van der Waals surface area contributed by atoms with Gasteiger partial charge in [-0.1, -0.05) is 24.3 Å². The molecule has 1 N–H and O–H groups in total.